The van der Waals surface area contributed by atoms with Gasteiger partial charge in [0.05, 0.1) is 27.0 Å². The fourth-order valence-corrected chi connectivity index (χ4v) is 3.98. The van der Waals surface area contributed by atoms with Gasteiger partial charge in [0, 0.05) is 24.7 Å². The summed E-state index contributed by atoms with van der Waals surface area (Å²) in [7, 11) is 3.05. The van der Waals surface area contributed by atoms with Gasteiger partial charge in [-0.05, 0) is 48.4 Å². The second kappa shape index (κ2) is 11.5. The zero-order chi connectivity index (χ0) is 25.5. The van der Waals surface area contributed by atoms with E-state index in [-0.39, 0.29) is 31.7 Å². The van der Waals surface area contributed by atoms with E-state index in [1.54, 1.807) is 40.3 Å². The van der Waals surface area contributed by atoms with Crippen LogP contribution in [-0.4, -0.2) is 55.7 Å². The number of hydrogen-bond donors (Lipinski definition) is 0. The normalized spacial score (nSPS) is 11.8. The lowest BCUT2D eigenvalue weighted by atomic mass is 10.1. The maximum absolute atomic E-state index is 13.6. The molecule has 0 aliphatic carbocycles. The Morgan fingerprint density at radius 1 is 0.917 bits per heavy atom. The van der Waals surface area contributed by atoms with Gasteiger partial charge in [0.1, 0.15) is 23.8 Å². The van der Waals surface area contributed by atoms with Gasteiger partial charge >= 0.3 is 0 Å². The van der Waals surface area contributed by atoms with Crippen molar-refractivity contribution in [3.8, 4) is 23.0 Å². The molecule has 4 rings (SSSR count). The number of rotatable bonds is 11. The molecular formula is C27H30N2O7. The first-order valence-corrected chi connectivity index (χ1v) is 11.7. The van der Waals surface area contributed by atoms with Crippen LogP contribution in [0.25, 0.3) is 0 Å². The predicted molar refractivity (Wildman–Crippen MR) is 131 cm³/mol. The minimum Gasteiger partial charge on any atom is -0.497 e. The molecule has 1 aliphatic heterocycles. The third-order valence-corrected chi connectivity index (χ3v) is 5.80. The fourth-order valence-electron chi connectivity index (χ4n) is 3.98. The topological polar surface area (TPSA) is 90.7 Å². The Bertz CT molecular complexity index is 1170. The van der Waals surface area contributed by atoms with E-state index in [0.717, 1.165) is 5.56 Å². The van der Waals surface area contributed by atoms with E-state index in [1.165, 1.54) is 14.2 Å². The molecule has 0 saturated heterocycles. The summed E-state index contributed by atoms with van der Waals surface area (Å²) < 4.78 is 27.0. The molecule has 0 N–H and O–H groups in total. The summed E-state index contributed by atoms with van der Waals surface area (Å²) in [5.41, 5.74) is 1.27. The van der Waals surface area contributed by atoms with Crippen LogP contribution in [0.2, 0.25) is 0 Å². The lowest BCUT2D eigenvalue weighted by Crippen LogP contribution is -2.42. The Balaban J connectivity index is 1.55. The third-order valence-electron chi connectivity index (χ3n) is 5.80. The van der Waals surface area contributed by atoms with Gasteiger partial charge in [-0.3, -0.25) is 9.59 Å². The number of fused-ring (bicyclic) bond motifs is 1. The Morgan fingerprint density at radius 2 is 1.67 bits per heavy atom. The number of carbonyl (C=O) groups is 2. The lowest BCUT2D eigenvalue weighted by Gasteiger charge is -2.27. The van der Waals surface area contributed by atoms with Gasteiger partial charge < -0.3 is 33.2 Å². The van der Waals surface area contributed by atoms with Crippen LogP contribution >= 0.6 is 0 Å². The van der Waals surface area contributed by atoms with E-state index in [0.29, 0.717) is 53.8 Å². The predicted octanol–water partition coefficient (Wildman–Crippen LogP) is 4.11. The highest BCUT2D eigenvalue weighted by molar-refractivity contribution is 5.97. The number of hydrogen-bond acceptors (Lipinski definition) is 7. The summed E-state index contributed by atoms with van der Waals surface area (Å²) in [4.78, 5) is 30.2. The summed E-state index contributed by atoms with van der Waals surface area (Å²) in [6.45, 7) is 3.06. The van der Waals surface area contributed by atoms with Gasteiger partial charge in [0.2, 0.25) is 12.7 Å². The van der Waals surface area contributed by atoms with Crippen LogP contribution in [0.4, 0.5) is 0 Å². The molecule has 9 nitrogen and oxygen atoms in total. The quantitative estimate of drug-likeness (QED) is 0.396. The van der Waals surface area contributed by atoms with Crippen LogP contribution < -0.4 is 18.9 Å². The molecule has 2 amide bonds. The molecule has 0 saturated carbocycles. The van der Waals surface area contributed by atoms with Crippen LogP contribution in [0.3, 0.4) is 0 Å². The molecule has 9 heteroatoms. The number of ether oxygens (including phenoxy) is 4. The monoisotopic (exact) mass is 494 g/mol. The molecule has 0 radical (unpaired) electrons. The van der Waals surface area contributed by atoms with E-state index in [2.05, 4.69) is 0 Å². The van der Waals surface area contributed by atoms with E-state index in [1.807, 2.05) is 31.2 Å². The van der Waals surface area contributed by atoms with Crippen LogP contribution in [0.15, 0.2) is 59.2 Å². The smallest absolute Gasteiger partial charge is 0.254 e. The van der Waals surface area contributed by atoms with Gasteiger partial charge in [0.15, 0.2) is 11.5 Å². The Kier molecular flexibility index (Phi) is 7.99. The van der Waals surface area contributed by atoms with Crippen molar-refractivity contribution in [2.75, 3.05) is 34.1 Å². The lowest BCUT2D eigenvalue weighted by molar-refractivity contribution is -0.133. The number of carbonyl (C=O) groups excluding carboxylic acids is 2. The van der Waals surface area contributed by atoms with Crippen molar-refractivity contribution in [3.05, 3.63) is 71.7 Å². The van der Waals surface area contributed by atoms with Crippen molar-refractivity contribution >= 4 is 11.8 Å². The Hall–Kier alpha value is -4.14. The van der Waals surface area contributed by atoms with Crippen molar-refractivity contribution in [3.63, 3.8) is 0 Å². The summed E-state index contributed by atoms with van der Waals surface area (Å²) in [6.07, 6.45) is 2.27. The largest absolute Gasteiger partial charge is 0.497 e. The number of benzene rings is 2. The number of furan rings is 1. The van der Waals surface area contributed by atoms with Crippen LogP contribution in [0.1, 0.15) is 35.0 Å². The zero-order valence-corrected chi connectivity index (χ0v) is 20.7. The molecular weight excluding hydrogens is 464 g/mol. The van der Waals surface area contributed by atoms with Crippen molar-refractivity contribution in [2.45, 2.75) is 26.4 Å². The van der Waals surface area contributed by atoms with E-state index in [4.69, 9.17) is 23.4 Å². The standard InChI is InChI=1S/C27H30N2O7/c1-4-9-28(27(31)20-12-22(32-2)14-23(13-20)33-3)17-26(30)29(16-21-6-5-10-34-21)15-19-7-8-24-25(11-19)36-18-35-24/h5-8,10-14H,4,9,15-18H2,1-3H3. The molecule has 0 atom stereocenters. The molecule has 3 aromatic rings. The molecule has 0 bridgehead atoms. The number of methoxy groups -OCH3 is 2. The highest BCUT2D eigenvalue weighted by atomic mass is 16.7. The average Bonchev–Trinajstić information content (AvgIpc) is 3.59. The summed E-state index contributed by atoms with van der Waals surface area (Å²) >= 11 is 0. The summed E-state index contributed by atoms with van der Waals surface area (Å²) in [5.74, 6) is 2.49. The SMILES string of the molecule is CCCN(CC(=O)N(Cc1ccc2c(c1)OCO2)Cc1ccco1)C(=O)c1cc(OC)cc(OC)c1. The number of nitrogens with zero attached hydrogens (tertiary/aromatic N) is 2. The van der Waals surface area contributed by atoms with Crippen molar-refractivity contribution in [1.29, 1.82) is 0 Å². The van der Waals surface area contributed by atoms with Gasteiger partial charge in [-0.25, -0.2) is 0 Å². The Morgan fingerprint density at radius 3 is 2.33 bits per heavy atom. The first-order valence-electron chi connectivity index (χ1n) is 11.7. The van der Waals surface area contributed by atoms with E-state index < -0.39 is 0 Å². The van der Waals surface area contributed by atoms with E-state index in [9.17, 15) is 9.59 Å². The minimum atomic E-state index is -0.275. The van der Waals surface area contributed by atoms with Crippen molar-refractivity contribution < 1.29 is 33.0 Å². The van der Waals surface area contributed by atoms with E-state index >= 15 is 0 Å². The highest BCUT2D eigenvalue weighted by Gasteiger charge is 2.24. The second-order valence-corrected chi connectivity index (χ2v) is 8.34. The minimum absolute atomic E-state index is 0.0859. The highest BCUT2D eigenvalue weighted by Crippen LogP contribution is 2.33. The zero-order valence-electron chi connectivity index (χ0n) is 20.7. The molecule has 2 heterocycles. The fraction of sp³-hybridized carbons (Fsp3) is 0.333. The van der Waals surface area contributed by atoms with Crippen LogP contribution in [0.5, 0.6) is 23.0 Å². The first kappa shape index (κ1) is 25.0. The molecule has 36 heavy (non-hydrogen) atoms. The van der Waals surface area contributed by atoms with Gasteiger partial charge in [-0.15, -0.1) is 0 Å². The molecule has 190 valence electrons. The average molecular weight is 495 g/mol. The van der Waals surface area contributed by atoms with Gasteiger partial charge in [-0.2, -0.15) is 0 Å². The third kappa shape index (κ3) is 5.91. The molecule has 1 aromatic heterocycles. The number of amides is 2. The summed E-state index contributed by atoms with van der Waals surface area (Å²) in [6, 6.07) is 14.2. The molecule has 0 spiro atoms. The summed E-state index contributed by atoms with van der Waals surface area (Å²) in [5, 5.41) is 0. The van der Waals surface area contributed by atoms with Crippen molar-refractivity contribution in [1.82, 2.24) is 9.80 Å². The molecule has 0 unspecified atom stereocenters. The maximum atomic E-state index is 13.6. The van der Waals surface area contributed by atoms with Gasteiger partial charge in [-0.1, -0.05) is 13.0 Å². The Labute approximate surface area is 210 Å². The van der Waals surface area contributed by atoms with Gasteiger partial charge in [0.25, 0.3) is 5.91 Å². The first-order chi connectivity index (χ1) is 17.5. The molecule has 0 fully saturated rings. The van der Waals surface area contributed by atoms with Crippen LogP contribution in [-0.2, 0) is 17.9 Å². The van der Waals surface area contributed by atoms with Crippen LogP contribution in [0, 0.1) is 0 Å². The van der Waals surface area contributed by atoms with Crippen molar-refractivity contribution in [2.24, 2.45) is 0 Å². The second-order valence-electron chi connectivity index (χ2n) is 8.34. The maximum Gasteiger partial charge on any atom is 0.254 e. The molecule has 2 aromatic carbocycles. The molecule has 1 aliphatic rings.